The van der Waals surface area contributed by atoms with Gasteiger partial charge in [-0.1, -0.05) is 41.1 Å². The van der Waals surface area contributed by atoms with Crippen molar-refractivity contribution in [2.24, 2.45) is 0 Å². The second-order valence-corrected chi connectivity index (χ2v) is 13.0. The summed E-state index contributed by atoms with van der Waals surface area (Å²) in [6.45, 7) is 4.41. The van der Waals surface area contributed by atoms with Gasteiger partial charge in [0.25, 0.3) is 0 Å². The van der Waals surface area contributed by atoms with Crippen LogP contribution in [0.15, 0.2) is 73.8 Å². The molecule has 8 nitrogen and oxygen atoms in total. The average molecular weight is 542 g/mol. The van der Waals surface area contributed by atoms with E-state index in [4.69, 9.17) is 16.3 Å². The third-order valence-corrected chi connectivity index (χ3v) is 10.5. The summed E-state index contributed by atoms with van der Waals surface area (Å²) in [4.78, 5) is 6.43. The van der Waals surface area contributed by atoms with Gasteiger partial charge in [0.2, 0.25) is 24.0 Å². The summed E-state index contributed by atoms with van der Waals surface area (Å²) in [6.07, 6.45) is 0.749. The molecule has 182 valence electrons. The van der Waals surface area contributed by atoms with Crippen LogP contribution in [0.25, 0.3) is 0 Å². The molecule has 4 rings (SSSR count). The number of nitrogens with zero attached hydrogens (tertiary/aromatic N) is 2. The fourth-order valence-corrected chi connectivity index (χ4v) is 7.92. The number of aromatic nitrogens is 1. The number of morpholine rings is 1. The van der Waals surface area contributed by atoms with Crippen molar-refractivity contribution in [2.75, 3.05) is 44.7 Å². The van der Waals surface area contributed by atoms with Crippen LogP contribution in [0.3, 0.4) is 0 Å². The lowest BCUT2D eigenvalue weighted by atomic mass is 10.3. The largest absolute Gasteiger partial charge is 0.379 e. The van der Waals surface area contributed by atoms with Gasteiger partial charge in [0.05, 0.1) is 23.0 Å². The number of ether oxygens (including phenoxy) is 1. The van der Waals surface area contributed by atoms with Gasteiger partial charge in [0.15, 0.2) is 5.03 Å². The Morgan fingerprint density at radius 2 is 1.59 bits per heavy atom. The van der Waals surface area contributed by atoms with Crippen LogP contribution in [0.1, 0.15) is 6.42 Å². The first-order valence-electron chi connectivity index (χ1n) is 10.6. The van der Waals surface area contributed by atoms with Gasteiger partial charge in [-0.2, -0.15) is 0 Å². The van der Waals surface area contributed by atoms with Gasteiger partial charge in [-0.25, -0.2) is 21.8 Å². The Kier molecular flexibility index (Phi) is 7.90. The lowest BCUT2D eigenvalue weighted by Gasteiger charge is -2.26. The van der Waals surface area contributed by atoms with Gasteiger partial charge >= 0.3 is 0 Å². The van der Waals surface area contributed by atoms with Gasteiger partial charge in [0.1, 0.15) is 5.00 Å². The number of rotatable bonds is 9. The molecule has 1 saturated heterocycles. The first-order valence-corrected chi connectivity index (χ1v) is 14.8. The average Bonchev–Trinajstić information content (AvgIpc) is 3.29. The predicted octanol–water partition coefficient (Wildman–Crippen LogP) is 3.60. The van der Waals surface area contributed by atoms with Crippen molar-refractivity contribution in [3.8, 4) is 0 Å². The van der Waals surface area contributed by atoms with E-state index in [1.54, 1.807) is 18.2 Å². The lowest BCUT2D eigenvalue weighted by molar-refractivity contribution is 0.0378. The minimum Gasteiger partial charge on any atom is -0.379 e. The Balaban J connectivity index is 1.63. The molecule has 1 aliphatic rings. The Morgan fingerprint density at radius 1 is 0.941 bits per heavy atom. The van der Waals surface area contributed by atoms with Crippen molar-refractivity contribution >= 4 is 47.6 Å². The highest BCUT2D eigenvalue weighted by molar-refractivity contribution is 7.94. The van der Waals surface area contributed by atoms with Gasteiger partial charge in [-0.05, 0) is 49.4 Å². The summed E-state index contributed by atoms with van der Waals surface area (Å²) in [7, 11) is -8.06. The number of benzene rings is 2. The van der Waals surface area contributed by atoms with E-state index in [9.17, 15) is 16.8 Å². The summed E-state index contributed by atoms with van der Waals surface area (Å²) in [6, 6.07) is 13.5. The number of thiazole rings is 1. The van der Waals surface area contributed by atoms with E-state index < -0.39 is 19.7 Å². The first kappa shape index (κ1) is 25.1. The summed E-state index contributed by atoms with van der Waals surface area (Å²) >= 11 is 6.73. The number of hydrogen-bond donors (Lipinski definition) is 1. The Labute approximate surface area is 208 Å². The van der Waals surface area contributed by atoms with E-state index in [1.807, 2.05) is 0 Å². The number of halogens is 1. The number of sulfone groups is 2. The molecular formula is C22H24ClN3O5S3. The smallest absolute Gasteiger partial charge is 0.233 e. The van der Waals surface area contributed by atoms with E-state index in [2.05, 4.69) is 15.2 Å². The number of nitrogens with one attached hydrogen (secondary N) is 1. The molecule has 1 aliphatic heterocycles. The van der Waals surface area contributed by atoms with Crippen molar-refractivity contribution in [3.05, 3.63) is 59.6 Å². The molecule has 0 saturated carbocycles. The maximum atomic E-state index is 13.4. The molecule has 0 spiro atoms. The third kappa shape index (κ3) is 5.61. The van der Waals surface area contributed by atoms with E-state index in [0.29, 0.717) is 24.8 Å². The van der Waals surface area contributed by atoms with Gasteiger partial charge in [0, 0.05) is 24.7 Å². The minimum absolute atomic E-state index is 0.0118. The highest BCUT2D eigenvalue weighted by atomic mass is 35.5. The van der Waals surface area contributed by atoms with Crippen LogP contribution < -0.4 is 5.32 Å². The van der Waals surface area contributed by atoms with Gasteiger partial charge < -0.3 is 10.1 Å². The maximum Gasteiger partial charge on any atom is 0.233 e. The standard InChI is InChI=1S/C22H24ClN3O5S3/c23-17-7-9-19(10-8-17)33(27,28)21-20(24-11-4-12-26-13-15-31-16-14-26)32-22(25-21)34(29,30)18-5-2-1-3-6-18/h1-3,5-10,24H,4,11-16H2. The summed E-state index contributed by atoms with van der Waals surface area (Å²) in [5, 5.41) is 3.40. The normalized spacial score (nSPS) is 15.3. The third-order valence-electron chi connectivity index (χ3n) is 5.28. The van der Waals surface area contributed by atoms with Crippen LogP contribution in [0.2, 0.25) is 5.02 Å². The number of hydrogen-bond acceptors (Lipinski definition) is 9. The highest BCUT2D eigenvalue weighted by Gasteiger charge is 2.31. The van der Waals surface area contributed by atoms with Crippen molar-refractivity contribution in [3.63, 3.8) is 0 Å². The fraction of sp³-hybridized carbons (Fsp3) is 0.318. The Bertz CT molecular complexity index is 1320. The monoisotopic (exact) mass is 541 g/mol. The molecule has 2 heterocycles. The van der Waals surface area contributed by atoms with Crippen molar-refractivity contribution < 1.29 is 21.6 Å². The molecule has 0 amide bonds. The van der Waals surface area contributed by atoms with Crippen LogP contribution in [0.5, 0.6) is 0 Å². The van der Waals surface area contributed by atoms with E-state index in [-0.39, 0.29) is 24.2 Å². The van der Waals surface area contributed by atoms with Gasteiger partial charge in [-0.3, -0.25) is 4.90 Å². The molecule has 2 aromatic carbocycles. The van der Waals surface area contributed by atoms with Crippen LogP contribution in [-0.4, -0.2) is 66.1 Å². The molecule has 3 aromatic rings. The second-order valence-electron chi connectivity index (χ2n) is 7.62. The Hall–Kier alpha value is -2.02. The molecule has 0 atom stereocenters. The molecule has 0 bridgehead atoms. The molecule has 0 radical (unpaired) electrons. The molecule has 0 aliphatic carbocycles. The molecular weight excluding hydrogens is 518 g/mol. The second kappa shape index (κ2) is 10.7. The zero-order valence-electron chi connectivity index (χ0n) is 18.2. The topological polar surface area (TPSA) is 106 Å². The predicted molar refractivity (Wildman–Crippen MR) is 131 cm³/mol. The quantitative estimate of drug-likeness (QED) is 0.410. The van der Waals surface area contributed by atoms with E-state index >= 15 is 0 Å². The van der Waals surface area contributed by atoms with Crippen LogP contribution in [0, 0.1) is 0 Å². The fourth-order valence-electron chi connectivity index (χ4n) is 3.45. The maximum absolute atomic E-state index is 13.4. The van der Waals surface area contributed by atoms with Gasteiger partial charge in [-0.15, -0.1) is 0 Å². The summed E-state index contributed by atoms with van der Waals surface area (Å²) in [5.74, 6) is 0. The van der Waals surface area contributed by atoms with Crippen LogP contribution in [0.4, 0.5) is 5.00 Å². The molecule has 34 heavy (non-hydrogen) atoms. The highest BCUT2D eigenvalue weighted by Crippen LogP contribution is 2.36. The summed E-state index contributed by atoms with van der Waals surface area (Å²) < 4.78 is 58.1. The number of anilines is 1. The van der Waals surface area contributed by atoms with E-state index in [1.165, 1.54) is 36.4 Å². The Morgan fingerprint density at radius 3 is 2.26 bits per heavy atom. The molecule has 0 unspecified atom stereocenters. The summed E-state index contributed by atoms with van der Waals surface area (Å²) in [5.41, 5.74) is 0. The van der Waals surface area contributed by atoms with Crippen molar-refractivity contribution in [1.82, 2.24) is 9.88 Å². The SMILES string of the molecule is O=S(=O)(c1ccccc1)c1nc(S(=O)(=O)c2ccc(Cl)cc2)c(NCCCN2CCOCC2)s1. The molecule has 1 N–H and O–H groups in total. The lowest BCUT2D eigenvalue weighted by Crippen LogP contribution is -2.37. The minimum atomic E-state index is -4.08. The zero-order chi connectivity index (χ0) is 24.2. The molecule has 1 aromatic heterocycles. The first-order chi connectivity index (χ1) is 16.3. The van der Waals surface area contributed by atoms with Crippen LogP contribution in [-0.2, 0) is 24.4 Å². The van der Waals surface area contributed by atoms with Crippen LogP contribution >= 0.6 is 22.9 Å². The zero-order valence-corrected chi connectivity index (χ0v) is 21.4. The molecule has 1 fully saturated rings. The molecule has 12 heteroatoms. The van der Waals surface area contributed by atoms with Crippen molar-refractivity contribution in [1.29, 1.82) is 0 Å². The van der Waals surface area contributed by atoms with Crippen molar-refractivity contribution in [2.45, 2.75) is 25.6 Å². The van der Waals surface area contributed by atoms with E-state index in [0.717, 1.165) is 37.4 Å².